The van der Waals surface area contributed by atoms with Gasteiger partial charge in [0, 0.05) is 10.1 Å². The highest BCUT2D eigenvalue weighted by molar-refractivity contribution is 14.1. The number of hydrogen-bond acceptors (Lipinski definition) is 2. The standard InChI is InChI=1S/C11H16INO/c1-13(2)8-3-9-14-11-6-4-10(12)5-7-11/h4-7H,3,8-9H2,1-2H3. The van der Waals surface area contributed by atoms with E-state index in [-0.39, 0.29) is 0 Å². The molecule has 0 bridgehead atoms. The third-order valence-corrected chi connectivity index (χ3v) is 2.55. The molecule has 2 nitrogen and oxygen atoms in total. The van der Waals surface area contributed by atoms with Crippen molar-refractivity contribution >= 4 is 22.6 Å². The Labute approximate surface area is 99.4 Å². The Hall–Kier alpha value is -0.290. The molecule has 0 saturated heterocycles. The lowest BCUT2D eigenvalue weighted by atomic mass is 10.3. The van der Waals surface area contributed by atoms with E-state index in [4.69, 9.17) is 4.74 Å². The molecule has 1 aromatic rings. The highest BCUT2D eigenvalue weighted by Crippen LogP contribution is 2.13. The van der Waals surface area contributed by atoms with E-state index in [1.54, 1.807) is 0 Å². The van der Waals surface area contributed by atoms with Crippen LogP contribution in [0, 0.1) is 3.57 Å². The minimum Gasteiger partial charge on any atom is -0.494 e. The molecule has 0 N–H and O–H groups in total. The van der Waals surface area contributed by atoms with Crippen molar-refractivity contribution in [3.8, 4) is 5.75 Å². The second kappa shape index (κ2) is 6.24. The monoisotopic (exact) mass is 305 g/mol. The molecule has 0 unspecified atom stereocenters. The summed E-state index contributed by atoms with van der Waals surface area (Å²) in [7, 11) is 4.15. The van der Waals surface area contributed by atoms with Gasteiger partial charge in [-0.15, -0.1) is 0 Å². The first kappa shape index (κ1) is 11.8. The second-order valence-corrected chi connectivity index (χ2v) is 4.70. The maximum absolute atomic E-state index is 5.58. The van der Waals surface area contributed by atoms with Crippen molar-refractivity contribution in [2.45, 2.75) is 6.42 Å². The molecule has 3 heteroatoms. The smallest absolute Gasteiger partial charge is 0.119 e. The number of halogens is 1. The summed E-state index contributed by atoms with van der Waals surface area (Å²) >= 11 is 2.29. The van der Waals surface area contributed by atoms with Gasteiger partial charge in [-0.3, -0.25) is 0 Å². The predicted molar refractivity (Wildman–Crippen MR) is 67.8 cm³/mol. The fraction of sp³-hybridized carbons (Fsp3) is 0.455. The van der Waals surface area contributed by atoms with E-state index in [2.05, 4.69) is 53.7 Å². The molecule has 0 heterocycles. The molecule has 0 spiro atoms. The quantitative estimate of drug-likeness (QED) is 0.612. The number of ether oxygens (including phenoxy) is 1. The molecule has 14 heavy (non-hydrogen) atoms. The van der Waals surface area contributed by atoms with E-state index in [0.717, 1.165) is 25.3 Å². The van der Waals surface area contributed by atoms with Gasteiger partial charge in [0.05, 0.1) is 6.61 Å². The highest BCUT2D eigenvalue weighted by Gasteiger charge is 1.94. The Bertz CT molecular complexity index is 258. The molecule has 0 aliphatic rings. The lowest BCUT2D eigenvalue weighted by Crippen LogP contribution is -2.15. The van der Waals surface area contributed by atoms with Crippen LogP contribution < -0.4 is 4.74 Å². The third-order valence-electron chi connectivity index (χ3n) is 1.83. The van der Waals surface area contributed by atoms with E-state index in [1.807, 2.05) is 12.1 Å². The molecule has 0 aliphatic carbocycles. The summed E-state index contributed by atoms with van der Waals surface area (Å²) in [6.45, 7) is 1.86. The summed E-state index contributed by atoms with van der Waals surface area (Å²) in [4.78, 5) is 2.16. The van der Waals surface area contributed by atoms with Gasteiger partial charge in [-0.1, -0.05) is 0 Å². The largest absolute Gasteiger partial charge is 0.494 e. The van der Waals surface area contributed by atoms with Gasteiger partial charge in [-0.25, -0.2) is 0 Å². The van der Waals surface area contributed by atoms with Crippen molar-refractivity contribution < 1.29 is 4.74 Å². The minimum absolute atomic E-state index is 0.790. The van der Waals surface area contributed by atoms with E-state index in [0.29, 0.717) is 0 Å². The van der Waals surface area contributed by atoms with Crippen LogP contribution >= 0.6 is 22.6 Å². The van der Waals surface area contributed by atoms with Gasteiger partial charge in [-0.2, -0.15) is 0 Å². The van der Waals surface area contributed by atoms with Crippen LogP contribution in [0.15, 0.2) is 24.3 Å². The van der Waals surface area contributed by atoms with Gasteiger partial charge in [0.2, 0.25) is 0 Å². The summed E-state index contributed by atoms with van der Waals surface area (Å²) in [5.74, 6) is 0.962. The van der Waals surface area contributed by atoms with Crippen molar-refractivity contribution in [2.24, 2.45) is 0 Å². The van der Waals surface area contributed by atoms with E-state index in [9.17, 15) is 0 Å². The van der Waals surface area contributed by atoms with Crippen LogP contribution in [-0.2, 0) is 0 Å². The first-order valence-electron chi connectivity index (χ1n) is 4.71. The molecule has 78 valence electrons. The zero-order chi connectivity index (χ0) is 10.4. The van der Waals surface area contributed by atoms with Crippen LogP contribution in [0.4, 0.5) is 0 Å². The summed E-state index contributed by atoms with van der Waals surface area (Å²) in [6.07, 6.45) is 1.07. The Balaban J connectivity index is 2.21. The Morgan fingerprint density at radius 1 is 1.21 bits per heavy atom. The molecular formula is C11H16INO. The zero-order valence-electron chi connectivity index (χ0n) is 8.66. The molecule has 1 aromatic carbocycles. The van der Waals surface area contributed by atoms with Crippen molar-refractivity contribution in [1.82, 2.24) is 4.90 Å². The molecule has 0 atom stereocenters. The number of nitrogens with zero attached hydrogens (tertiary/aromatic N) is 1. The van der Waals surface area contributed by atoms with E-state index >= 15 is 0 Å². The molecule has 0 fully saturated rings. The molecule has 0 radical (unpaired) electrons. The van der Waals surface area contributed by atoms with E-state index < -0.39 is 0 Å². The molecule has 0 saturated carbocycles. The predicted octanol–water partition coefficient (Wildman–Crippen LogP) is 2.62. The fourth-order valence-electron chi connectivity index (χ4n) is 1.10. The van der Waals surface area contributed by atoms with Gasteiger partial charge in [0.25, 0.3) is 0 Å². The number of rotatable bonds is 5. The van der Waals surface area contributed by atoms with Crippen molar-refractivity contribution in [2.75, 3.05) is 27.2 Å². The third kappa shape index (κ3) is 4.81. The van der Waals surface area contributed by atoms with Crippen molar-refractivity contribution in [1.29, 1.82) is 0 Å². The average Bonchev–Trinajstić information content (AvgIpc) is 2.15. The van der Waals surface area contributed by atoms with Gasteiger partial charge in [-0.05, 0) is 67.4 Å². The maximum Gasteiger partial charge on any atom is 0.119 e. The van der Waals surface area contributed by atoms with E-state index in [1.165, 1.54) is 3.57 Å². The van der Waals surface area contributed by atoms with Crippen LogP contribution in [0.25, 0.3) is 0 Å². The first-order valence-corrected chi connectivity index (χ1v) is 5.79. The molecular weight excluding hydrogens is 289 g/mol. The van der Waals surface area contributed by atoms with Gasteiger partial charge in [0.15, 0.2) is 0 Å². The second-order valence-electron chi connectivity index (χ2n) is 3.46. The van der Waals surface area contributed by atoms with Crippen LogP contribution in [0.5, 0.6) is 5.75 Å². The van der Waals surface area contributed by atoms with Crippen LogP contribution in [0.3, 0.4) is 0 Å². The first-order chi connectivity index (χ1) is 6.68. The van der Waals surface area contributed by atoms with Crippen molar-refractivity contribution in [3.63, 3.8) is 0 Å². The molecule has 0 aromatic heterocycles. The number of benzene rings is 1. The Kier molecular flexibility index (Phi) is 5.25. The highest BCUT2D eigenvalue weighted by atomic mass is 127. The average molecular weight is 305 g/mol. The van der Waals surface area contributed by atoms with Crippen LogP contribution in [0.2, 0.25) is 0 Å². The van der Waals surface area contributed by atoms with Crippen LogP contribution in [-0.4, -0.2) is 32.1 Å². The zero-order valence-corrected chi connectivity index (χ0v) is 10.8. The SMILES string of the molecule is CN(C)CCCOc1ccc(I)cc1. The topological polar surface area (TPSA) is 12.5 Å². The van der Waals surface area contributed by atoms with Crippen LogP contribution in [0.1, 0.15) is 6.42 Å². The Morgan fingerprint density at radius 2 is 1.86 bits per heavy atom. The van der Waals surface area contributed by atoms with Gasteiger partial charge >= 0.3 is 0 Å². The summed E-state index contributed by atoms with van der Waals surface area (Å²) in [5, 5.41) is 0. The maximum atomic E-state index is 5.58. The minimum atomic E-state index is 0.790. The lowest BCUT2D eigenvalue weighted by molar-refractivity contribution is 0.281. The fourth-order valence-corrected chi connectivity index (χ4v) is 1.46. The van der Waals surface area contributed by atoms with Crippen molar-refractivity contribution in [3.05, 3.63) is 27.8 Å². The summed E-state index contributed by atoms with van der Waals surface area (Å²) in [5.41, 5.74) is 0. The molecule has 0 amide bonds. The number of hydrogen-bond donors (Lipinski definition) is 0. The van der Waals surface area contributed by atoms with Gasteiger partial charge in [0.1, 0.15) is 5.75 Å². The molecule has 0 aliphatic heterocycles. The molecule has 1 rings (SSSR count). The normalized spacial score (nSPS) is 10.6. The summed E-state index contributed by atoms with van der Waals surface area (Å²) in [6, 6.07) is 8.14. The summed E-state index contributed by atoms with van der Waals surface area (Å²) < 4.78 is 6.82. The Morgan fingerprint density at radius 3 is 2.43 bits per heavy atom. The lowest BCUT2D eigenvalue weighted by Gasteiger charge is -2.10. The van der Waals surface area contributed by atoms with Gasteiger partial charge < -0.3 is 9.64 Å².